The van der Waals surface area contributed by atoms with Crippen LogP contribution >= 0.6 is 11.6 Å². The van der Waals surface area contributed by atoms with Gasteiger partial charge in [-0.05, 0) is 55.8 Å². The molecule has 0 saturated carbocycles. The van der Waals surface area contributed by atoms with E-state index in [1.807, 2.05) is 56.3 Å². The van der Waals surface area contributed by atoms with Gasteiger partial charge in [-0.15, -0.1) is 0 Å². The number of aromatic nitrogens is 2. The first-order valence-electron chi connectivity index (χ1n) is 9.54. The van der Waals surface area contributed by atoms with E-state index in [1.54, 1.807) is 24.4 Å². The summed E-state index contributed by atoms with van der Waals surface area (Å²) < 4.78 is 2.05. The highest BCUT2D eigenvalue weighted by Gasteiger charge is 2.25. The number of nitrogens with one attached hydrogen (secondary N) is 1. The third-order valence-corrected chi connectivity index (χ3v) is 5.32. The Balaban J connectivity index is 1.76. The van der Waals surface area contributed by atoms with Crippen molar-refractivity contribution in [1.29, 1.82) is 0 Å². The van der Waals surface area contributed by atoms with Gasteiger partial charge in [0.15, 0.2) is 0 Å². The summed E-state index contributed by atoms with van der Waals surface area (Å²) >= 11 is 6.00. The highest BCUT2D eigenvalue weighted by atomic mass is 35.5. The average molecular weight is 418 g/mol. The minimum Gasteiger partial charge on any atom is -0.340 e. The van der Waals surface area contributed by atoms with Gasteiger partial charge in [0.05, 0.1) is 5.56 Å². The molecule has 5 nitrogen and oxygen atoms in total. The summed E-state index contributed by atoms with van der Waals surface area (Å²) in [5.41, 5.74) is 4.13. The lowest BCUT2D eigenvalue weighted by Gasteiger charge is -2.09. The van der Waals surface area contributed by atoms with Crippen molar-refractivity contribution >= 4 is 40.0 Å². The molecule has 0 radical (unpaired) electrons. The zero-order chi connectivity index (χ0) is 21.3. The lowest BCUT2D eigenvalue weighted by Crippen LogP contribution is -2.24. The minimum absolute atomic E-state index is 0.342. The zero-order valence-electron chi connectivity index (χ0n) is 16.6. The number of carbonyl (C=O) groups excluding carboxylic acids is 2. The van der Waals surface area contributed by atoms with E-state index >= 15 is 0 Å². The van der Waals surface area contributed by atoms with Crippen molar-refractivity contribution < 1.29 is 9.59 Å². The number of benzene rings is 2. The number of amides is 1. The molecule has 4 aromatic rings. The van der Waals surface area contributed by atoms with Crippen LogP contribution in [0.15, 0.2) is 66.9 Å². The molecule has 0 aliphatic carbocycles. The van der Waals surface area contributed by atoms with Gasteiger partial charge in [0.1, 0.15) is 5.82 Å². The molecule has 0 fully saturated rings. The molecule has 2 aromatic heterocycles. The van der Waals surface area contributed by atoms with Gasteiger partial charge in [-0.3, -0.25) is 9.59 Å². The van der Waals surface area contributed by atoms with Gasteiger partial charge >= 0.3 is 0 Å². The third-order valence-electron chi connectivity index (χ3n) is 5.07. The second-order valence-corrected chi connectivity index (χ2v) is 7.63. The Kier molecular flexibility index (Phi) is 5.38. The number of Topliss-reactive ketones (excluding diaryl/α,β-unsaturated/α-hetero) is 1. The van der Waals surface area contributed by atoms with Crippen molar-refractivity contribution in [3.05, 3.63) is 94.3 Å². The fourth-order valence-electron chi connectivity index (χ4n) is 3.58. The van der Waals surface area contributed by atoms with Gasteiger partial charge in [-0.1, -0.05) is 41.4 Å². The predicted molar refractivity (Wildman–Crippen MR) is 119 cm³/mol. The van der Waals surface area contributed by atoms with Crippen LogP contribution in [-0.4, -0.2) is 21.2 Å². The maximum Gasteiger partial charge on any atom is 0.298 e. The standard InChI is InChI=1S/C24H20ClN3O2/c1-15-6-11-20-19(13-15)22(23(29)24(30)27-21-5-3-4-12-26-21)16(2)28(20)14-17-7-9-18(25)10-8-17/h3-13H,14H2,1-2H3,(H,26,27,30). The Hall–Kier alpha value is -3.44. The maximum absolute atomic E-state index is 13.1. The van der Waals surface area contributed by atoms with Crippen LogP contribution < -0.4 is 5.32 Å². The predicted octanol–water partition coefficient (Wildman–Crippen LogP) is 5.18. The zero-order valence-corrected chi connectivity index (χ0v) is 17.4. The summed E-state index contributed by atoms with van der Waals surface area (Å²) in [5, 5.41) is 4.03. The Morgan fingerprint density at radius 2 is 1.80 bits per heavy atom. The number of carbonyl (C=O) groups is 2. The van der Waals surface area contributed by atoms with Crippen molar-refractivity contribution in [3.63, 3.8) is 0 Å². The van der Waals surface area contributed by atoms with Crippen LogP contribution in [0.3, 0.4) is 0 Å². The minimum atomic E-state index is -0.705. The monoisotopic (exact) mass is 417 g/mol. The number of anilines is 1. The normalized spacial score (nSPS) is 10.9. The van der Waals surface area contributed by atoms with E-state index < -0.39 is 11.7 Å². The number of ketones is 1. The molecule has 0 bridgehead atoms. The Bertz CT molecular complexity index is 1250. The first-order chi connectivity index (χ1) is 14.4. The number of rotatable bonds is 5. The molecule has 2 heterocycles. The second-order valence-electron chi connectivity index (χ2n) is 7.19. The molecular formula is C24H20ClN3O2. The summed E-state index contributed by atoms with van der Waals surface area (Å²) in [5.74, 6) is -0.943. The van der Waals surface area contributed by atoms with E-state index in [2.05, 4.69) is 14.9 Å². The number of fused-ring (bicyclic) bond motifs is 1. The quantitative estimate of drug-likeness (QED) is 0.359. The summed E-state index contributed by atoms with van der Waals surface area (Å²) in [6.45, 7) is 4.40. The molecule has 1 N–H and O–H groups in total. The fourth-order valence-corrected chi connectivity index (χ4v) is 3.71. The van der Waals surface area contributed by atoms with Crippen LogP contribution in [-0.2, 0) is 11.3 Å². The molecule has 1 amide bonds. The SMILES string of the molecule is Cc1ccc2c(c1)c(C(=O)C(=O)Nc1ccccn1)c(C)n2Cc1ccc(Cl)cc1. The molecule has 0 saturated heterocycles. The van der Waals surface area contributed by atoms with Crippen molar-refractivity contribution in [1.82, 2.24) is 9.55 Å². The van der Waals surface area contributed by atoms with Crippen molar-refractivity contribution in [3.8, 4) is 0 Å². The van der Waals surface area contributed by atoms with Crippen LogP contribution in [0.5, 0.6) is 0 Å². The molecule has 30 heavy (non-hydrogen) atoms. The summed E-state index contributed by atoms with van der Waals surface area (Å²) in [6, 6.07) is 18.7. The highest BCUT2D eigenvalue weighted by Crippen LogP contribution is 2.29. The average Bonchev–Trinajstić information content (AvgIpc) is 3.00. The smallest absolute Gasteiger partial charge is 0.298 e. The van der Waals surface area contributed by atoms with Crippen LogP contribution in [0.4, 0.5) is 5.82 Å². The van der Waals surface area contributed by atoms with Gasteiger partial charge in [0.25, 0.3) is 11.7 Å². The van der Waals surface area contributed by atoms with Crippen LogP contribution in [0.25, 0.3) is 10.9 Å². The lowest BCUT2D eigenvalue weighted by molar-refractivity contribution is -0.112. The van der Waals surface area contributed by atoms with Crippen LogP contribution in [0, 0.1) is 13.8 Å². The fraction of sp³-hybridized carbons (Fsp3) is 0.125. The number of pyridine rings is 1. The van der Waals surface area contributed by atoms with Gasteiger partial charge in [-0.2, -0.15) is 0 Å². The summed E-state index contributed by atoms with van der Waals surface area (Å²) in [6.07, 6.45) is 1.56. The van der Waals surface area contributed by atoms with E-state index in [0.717, 1.165) is 27.7 Å². The van der Waals surface area contributed by atoms with Gasteiger partial charge in [-0.25, -0.2) is 4.98 Å². The van der Waals surface area contributed by atoms with E-state index in [-0.39, 0.29) is 0 Å². The summed E-state index contributed by atoms with van der Waals surface area (Å²) in [4.78, 5) is 29.9. The second kappa shape index (κ2) is 8.13. The molecule has 0 spiro atoms. The van der Waals surface area contributed by atoms with Gasteiger partial charge in [0.2, 0.25) is 0 Å². The van der Waals surface area contributed by atoms with E-state index in [1.165, 1.54) is 0 Å². The first kappa shape index (κ1) is 19.9. The molecular weight excluding hydrogens is 398 g/mol. The van der Waals surface area contributed by atoms with Crippen molar-refractivity contribution in [2.24, 2.45) is 0 Å². The van der Waals surface area contributed by atoms with Crippen molar-refractivity contribution in [2.75, 3.05) is 5.32 Å². The molecule has 0 unspecified atom stereocenters. The van der Waals surface area contributed by atoms with Gasteiger partial charge in [0, 0.05) is 34.4 Å². The third kappa shape index (κ3) is 3.84. The lowest BCUT2D eigenvalue weighted by atomic mass is 10.0. The van der Waals surface area contributed by atoms with E-state index in [9.17, 15) is 9.59 Å². The highest BCUT2D eigenvalue weighted by molar-refractivity contribution is 6.48. The number of halogens is 1. The molecule has 0 aliphatic heterocycles. The summed E-state index contributed by atoms with van der Waals surface area (Å²) in [7, 11) is 0. The molecule has 0 aliphatic rings. The Labute approximate surface area is 179 Å². The van der Waals surface area contributed by atoms with Crippen molar-refractivity contribution in [2.45, 2.75) is 20.4 Å². The van der Waals surface area contributed by atoms with E-state index in [0.29, 0.717) is 22.9 Å². The first-order valence-corrected chi connectivity index (χ1v) is 9.92. The Morgan fingerprint density at radius 1 is 1.03 bits per heavy atom. The number of nitrogens with zero attached hydrogens (tertiary/aromatic N) is 2. The maximum atomic E-state index is 13.1. The Morgan fingerprint density at radius 3 is 2.50 bits per heavy atom. The topological polar surface area (TPSA) is 64.0 Å². The number of aryl methyl sites for hydroxylation is 1. The van der Waals surface area contributed by atoms with Crippen LogP contribution in [0.1, 0.15) is 27.2 Å². The number of hydrogen-bond donors (Lipinski definition) is 1. The molecule has 2 aromatic carbocycles. The van der Waals surface area contributed by atoms with E-state index in [4.69, 9.17) is 11.6 Å². The number of hydrogen-bond acceptors (Lipinski definition) is 3. The molecule has 6 heteroatoms. The molecule has 150 valence electrons. The van der Waals surface area contributed by atoms with Gasteiger partial charge < -0.3 is 9.88 Å². The largest absolute Gasteiger partial charge is 0.340 e. The molecule has 4 rings (SSSR count). The molecule has 0 atom stereocenters. The van der Waals surface area contributed by atoms with Crippen LogP contribution in [0.2, 0.25) is 5.02 Å².